The number of nitrogens with zero attached hydrogens (tertiary/aromatic N) is 4. The molecule has 2 heterocycles. The molecule has 3 rings (SSSR count). The van der Waals surface area contributed by atoms with Crippen LogP contribution >= 0.6 is 0 Å². The van der Waals surface area contributed by atoms with Gasteiger partial charge in [-0.3, -0.25) is 0 Å². The number of aliphatic hydroxyl groups excluding tert-OH is 3. The van der Waals surface area contributed by atoms with Gasteiger partial charge in [0.1, 0.15) is 24.1 Å². The summed E-state index contributed by atoms with van der Waals surface area (Å²) in [4.78, 5) is 12.0. The Balaban J connectivity index is 2.11. The quantitative estimate of drug-likeness (QED) is 0.490. The van der Waals surface area contributed by atoms with Crippen LogP contribution < -0.4 is 5.73 Å². The summed E-state index contributed by atoms with van der Waals surface area (Å²) in [5.41, 5.74) is 6.98. The van der Waals surface area contributed by atoms with Gasteiger partial charge in [0, 0.05) is 0 Å². The molecule has 19 heavy (non-hydrogen) atoms. The average Bonchev–Trinajstić information content (AvgIpc) is 2.94. The maximum Gasteiger partial charge on any atom is 0.166 e. The lowest BCUT2D eigenvalue weighted by molar-refractivity contribution is 0.0287. The van der Waals surface area contributed by atoms with Crippen molar-refractivity contribution < 1.29 is 15.3 Å². The van der Waals surface area contributed by atoms with Crippen LogP contribution in [-0.2, 0) is 0 Å². The van der Waals surface area contributed by atoms with Gasteiger partial charge in [-0.25, -0.2) is 15.0 Å². The molecule has 1 aliphatic carbocycles. The van der Waals surface area contributed by atoms with Crippen molar-refractivity contribution >= 4 is 17.0 Å². The molecule has 0 saturated carbocycles. The molecule has 0 aromatic carbocycles. The SMILES string of the molecule is Nc1ncnc2c1ncn2C1C=C(CO)[C@@H](O)[C@H]1O. The third kappa shape index (κ3) is 1.69. The summed E-state index contributed by atoms with van der Waals surface area (Å²) in [7, 11) is 0. The molecule has 0 spiro atoms. The summed E-state index contributed by atoms with van der Waals surface area (Å²) in [5, 5.41) is 28.9. The van der Waals surface area contributed by atoms with E-state index in [1.165, 1.54) is 12.7 Å². The van der Waals surface area contributed by atoms with Gasteiger partial charge in [0.2, 0.25) is 0 Å². The zero-order chi connectivity index (χ0) is 13.6. The van der Waals surface area contributed by atoms with Crippen LogP contribution in [0.4, 0.5) is 5.82 Å². The Hall–Kier alpha value is -2.03. The molecule has 0 bridgehead atoms. The number of nitrogen functional groups attached to an aromatic ring is 1. The van der Waals surface area contributed by atoms with Crippen molar-refractivity contribution in [2.45, 2.75) is 18.2 Å². The van der Waals surface area contributed by atoms with Crippen molar-refractivity contribution in [2.24, 2.45) is 0 Å². The second-order valence-corrected chi connectivity index (χ2v) is 4.41. The van der Waals surface area contributed by atoms with Gasteiger partial charge >= 0.3 is 0 Å². The zero-order valence-electron chi connectivity index (χ0n) is 9.88. The van der Waals surface area contributed by atoms with E-state index in [1.807, 2.05) is 0 Å². The smallest absolute Gasteiger partial charge is 0.166 e. The number of imidazole rings is 1. The number of aliphatic hydroxyl groups is 3. The van der Waals surface area contributed by atoms with Crippen LogP contribution in [-0.4, -0.2) is 53.7 Å². The fraction of sp³-hybridized carbons (Fsp3) is 0.364. The third-order valence-corrected chi connectivity index (χ3v) is 3.33. The predicted octanol–water partition coefficient (Wildman–Crippen LogP) is -1.40. The molecular weight excluding hydrogens is 250 g/mol. The molecule has 0 amide bonds. The van der Waals surface area contributed by atoms with E-state index < -0.39 is 18.2 Å². The molecule has 1 unspecified atom stereocenters. The number of hydrogen-bond acceptors (Lipinski definition) is 7. The summed E-state index contributed by atoms with van der Waals surface area (Å²) in [6.45, 7) is -0.307. The van der Waals surface area contributed by atoms with Gasteiger partial charge in [-0.1, -0.05) is 6.08 Å². The molecule has 0 aliphatic heterocycles. The first-order valence-corrected chi connectivity index (χ1v) is 5.74. The highest BCUT2D eigenvalue weighted by atomic mass is 16.3. The Kier molecular flexibility index (Phi) is 2.70. The van der Waals surface area contributed by atoms with Crippen LogP contribution in [0.25, 0.3) is 11.2 Å². The summed E-state index contributed by atoms with van der Waals surface area (Å²) in [6.07, 6.45) is 2.24. The second-order valence-electron chi connectivity index (χ2n) is 4.41. The van der Waals surface area contributed by atoms with Gasteiger partial charge in [-0.15, -0.1) is 0 Å². The molecule has 8 heteroatoms. The van der Waals surface area contributed by atoms with Crippen LogP contribution in [0.3, 0.4) is 0 Å². The number of nitrogens with two attached hydrogens (primary N) is 1. The standard InChI is InChI=1S/C11H13N5O3/c12-10-7-11(14-3-13-10)16(4-15-7)6-1-5(2-17)8(18)9(6)19/h1,3-4,6,8-9,17-19H,2H2,(H2,12,13,14)/t6?,8-,9+/m1/s1. The minimum absolute atomic E-state index is 0.253. The lowest BCUT2D eigenvalue weighted by Crippen LogP contribution is -2.30. The largest absolute Gasteiger partial charge is 0.392 e. The van der Waals surface area contributed by atoms with Crippen LogP contribution in [0.15, 0.2) is 24.3 Å². The summed E-state index contributed by atoms with van der Waals surface area (Å²) in [5.74, 6) is 0.253. The lowest BCUT2D eigenvalue weighted by atomic mass is 10.1. The van der Waals surface area contributed by atoms with E-state index in [9.17, 15) is 10.2 Å². The molecule has 100 valence electrons. The third-order valence-electron chi connectivity index (χ3n) is 3.33. The van der Waals surface area contributed by atoms with Gasteiger partial charge in [0.05, 0.1) is 19.0 Å². The van der Waals surface area contributed by atoms with Crippen molar-refractivity contribution in [2.75, 3.05) is 12.3 Å². The first-order chi connectivity index (χ1) is 9.13. The minimum atomic E-state index is -1.09. The molecule has 1 aliphatic rings. The van der Waals surface area contributed by atoms with Crippen molar-refractivity contribution in [1.29, 1.82) is 0 Å². The van der Waals surface area contributed by atoms with Crippen LogP contribution in [0.2, 0.25) is 0 Å². The van der Waals surface area contributed by atoms with Crippen molar-refractivity contribution in [3.8, 4) is 0 Å². The number of anilines is 1. The Labute approximate surface area is 107 Å². The van der Waals surface area contributed by atoms with Crippen molar-refractivity contribution in [3.63, 3.8) is 0 Å². The molecule has 0 radical (unpaired) electrons. The van der Waals surface area contributed by atoms with Crippen LogP contribution in [0.1, 0.15) is 6.04 Å². The Morgan fingerprint density at radius 3 is 2.74 bits per heavy atom. The van der Waals surface area contributed by atoms with E-state index in [0.717, 1.165) is 0 Å². The summed E-state index contributed by atoms with van der Waals surface area (Å²) < 4.78 is 1.60. The topological polar surface area (TPSA) is 130 Å². The monoisotopic (exact) mass is 263 g/mol. The van der Waals surface area contributed by atoms with E-state index in [2.05, 4.69) is 15.0 Å². The van der Waals surface area contributed by atoms with Gasteiger partial charge in [0.15, 0.2) is 11.5 Å². The number of fused-ring (bicyclic) bond motifs is 1. The molecule has 8 nitrogen and oxygen atoms in total. The molecular formula is C11H13N5O3. The molecule has 0 fully saturated rings. The maximum atomic E-state index is 10.0. The fourth-order valence-electron chi connectivity index (χ4n) is 2.30. The normalized spacial score (nSPS) is 26.9. The van der Waals surface area contributed by atoms with Crippen molar-refractivity contribution in [1.82, 2.24) is 19.5 Å². The molecule has 2 aromatic heterocycles. The number of hydrogen-bond donors (Lipinski definition) is 4. The van der Waals surface area contributed by atoms with E-state index in [-0.39, 0.29) is 12.4 Å². The highest BCUT2D eigenvalue weighted by Gasteiger charge is 2.36. The number of aromatic nitrogens is 4. The lowest BCUT2D eigenvalue weighted by Gasteiger charge is -2.18. The predicted molar refractivity (Wildman–Crippen MR) is 66.0 cm³/mol. The summed E-state index contributed by atoms with van der Waals surface area (Å²) in [6, 6.07) is -0.545. The highest BCUT2D eigenvalue weighted by Crippen LogP contribution is 2.31. The highest BCUT2D eigenvalue weighted by molar-refractivity contribution is 5.81. The van der Waals surface area contributed by atoms with E-state index in [4.69, 9.17) is 10.8 Å². The molecule has 5 N–H and O–H groups in total. The first-order valence-electron chi connectivity index (χ1n) is 5.74. The first kappa shape index (κ1) is 12.0. The number of rotatable bonds is 2. The molecule has 0 saturated heterocycles. The van der Waals surface area contributed by atoms with Gasteiger partial charge in [-0.2, -0.15) is 0 Å². The average molecular weight is 263 g/mol. The van der Waals surface area contributed by atoms with Crippen LogP contribution in [0.5, 0.6) is 0 Å². The Morgan fingerprint density at radius 2 is 2.05 bits per heavy atom. The zero-order valence-corrected chi connectivity index (χ0v) is 9.88. The fourth-order valence-corrected chi connectivity index (χ4v) is 2.30. The van der Waals surface area contributed by atoms with Crippen LogP contribution in [0, 0.1) is 0 Å². The van der Waals surface area contributed by atoms with Gasteiger partial charge < -0.3 is 25.6 Å². The van der Waals surface area contributed by atoms with E-state index in [1.54, 1.807) is 10.6 Å². The van der Waals surface area contributed by atoms with Gasteiger partial charge in [0.25, 0.3) is 0 Å². The Bertz CT molecular complexity index is 653. The van der Waals surface area contributed by atoms with Crippen molar-refractivity contribution in [3.05, 3.63) is 24.3 Å². The summed E-state index contributed by atoms with van der Waals surface area (Å²) >= 11 is 0. The Morgan fingerprint density at radius 1 is 1.26 bits per heavy atom. The molecule has 2 aromatic rings. The second kappa shape index (κ2) is 4.26. The van der Waals surface area contributed by atoms with E-state index in [0.29, 0.717) is 16.7 Å². The van der Waals surface area contributed by atoms with E-state index >= 15 is 0 Å². The maximum absolute atomic E-state index is 10.0. The minimum Gasteiger partial charge on any atom is -0.392 e. The van der Waals surface area contributed by atoms with Gasteiger partial charge in [-0.05, 0) is 5.57 Å². The molecule has 3 atom stereocenters.